The van der Waals surface area contributed by atoms with Crippen LogP contribution in [0.25, 0.3) is 0 Å². The Balaban J connectivity index is 2.11. The number of rotatable bonds is 5. The molecule has 0 heterocycles. The molecule has 19 heavy (non-hydrogen) atoms. The van der Waals surface area contributed by atoms with Gasteiger partial charge in [-0.1, -0.05) is 12.1 Å². The van der Waals surface area contributed by atoms with Crippen LogP contribution in [0, 0.1) is 0 Å². The third kappa shape index (κ3) is 3.84. The number of ether oxygens (including phenoxy) is 1. The van der Waals surface area contributed by atoms with Crippen LogP contribution in [0.2, 0.25) is 0 Å². The van der Waals surface area contributed by atoms with Crippen LogP contribution >= 0.6 is 0 Å². The summed E-state index contributed by atoms with van der Waals surface area (Å²) in [6.07, 6.45) is -2.57. The van der Waals surface area contributed by atoms with E-state index in [0.717, 1.165) is 18.4 Å². The fourth-order valence-electron chi connectivity index (χ4n) is 1.92. The van der Waals surface area contributed by atoms with Crippen molar-refractivity contribution in [2.75, 3.05) is 6.61 Å². The van der Waals surface area contributed by atoms with Gasteiger partial charge in [0.05, 0.1) is 12.1 Å². The third-order valence-electron chi connectivity index (χ3n) is 3.14. The molecular weight excluding hydrogens is 259 g/mol. The molecular formula is C13H16F3NO2. The van der Waals surface area contributed by atoms with Crippen molar-refractivity contribution in [1.29, 1.82) is 0 Å². The molecule has 3 nitrogen and oxygen atoms in total. The molecule has 1 saturated carbocycles. The zero-order chi connectivity index (χ0) is 14.1. The molecule has 1 aromatic carbocycles. The third-order valence-corrected chi connectivity index (χ3v) is 3.14. The molecule has 0 radical (unpaired) electrons. The minimum Gasteiger partial charge on any atom is -0.406 e. The molecule has 2 rings (SSSR count). The first-order valence-electron chi connectivity index (χ1n) is 6.07. The van der Waals surface area contributed by atoms with Crippen molar-refractivity contribution in [2.45, 2.75) is 37.7 Å². The molecule has 0 spiro atoms. The molecule has 0 saturated heterocycles. The van der Waals surface area contributed by atoms with E-state index in [1.165, 1.54) is 24.3 Å². The summed E-state index contributed by atoms with van der Waals surface area (Å²) in [6, 6.07) is 5.96. The van der Waals surface area contributed by atoms with Crippen LogP contribution in [0.4, 0.5) is 13.2 Å². The van der Waals surface area contributed by atoms with Crippen LogP contribution in [-0.2, 0) is 5.54 Å². The molecule has 0 aliphatic heterocycles. The first-order valence-corrected chi connectivity index (χ1v) is 6.07. The highest BCUT2D eigenvalue weighted by Gasteiger charge is 2.34. The predicted octanol–water partition coefficient (Wildman–Crippen LogP) is 2.54. The van der Waals surface area contributed by atoms with Crippen LogP contribution in [0.1, 0.15) is 25.3 Å². The summed E-state index contributed by atoms with van der Waals surface area (Å²) in [5.74, 6) is -0.261. The van der Waals surface area contributed by atoms with Gasteiger partial charge in [-0.25, -0.2) is 0 Å². The van der Waals surface area contributed by atoms with Gasteiger partial charge < -0.3 is 15.2 Å². The number of aliphatic hydroxyl groups is 1. The number of hydrogen-bond donors (Lipinski definition) is 2. The lowest BCUT2D eigenvalue weighted by Gasteiger charge is -2.29. The summed E-state index contributed by atoms with van der Waals surface area (Å²) in [5, 5.41) is 12.8. The number of hydrogen-bond acceptors (Lipinski definition) is 3. The van der Waals surface area contributed by atoms with Crippen molar-refractivity contribution in [3.05, 3.63) is 29.8 Å². The molecule has 0 bridgehead atoms. The monoisotopic (exact) mass is 275 g/mol. The summed E-state index contributed by atoms with van der Waals surface area (Å²) < 4.78 is 40.0. The normalized spacial score (nSPS) is 19.0. The Bertz CT molecular complexity index is 429. The molecule has 0 aromatic heterocycles. The standard InChI is InChI=1S/C13H16F3NO2/c1-12(8-18,17-10-4-5-10)9-2-6-11(7-3-9)19-13(14,15)16/h2-3,6-7,10,17-18H,4-5,8H2,1H3. The Labute approximate surface area is 109 Å². The van der Waals surface area contributed by atoms with Crippen LogP contribution in [0.3, 0.4) is 0 Å². The van der Waals surface area contributed by atoms with Gasteiger partial charge in [0.2, 0.25) is 0 Å². The smallest absolute Gasteiger partial charge is 0.406 e. The van der Waals surface area contributed by atoms with E-state index in [2.05, 4.69) is 10.1 Å². The van der Waals surface area contributed by atoms with Gasteiger partial charge in [-0.2, -0.15) is 0 Å². The number of alkyl halides is 3. The van der Waals surface area contributed by atoms with Crippen molar-refractivity contribution in [3.63, 3.8) is 0 Å². The summed E-state index contributed by atoms with van der Waals surface area (Å²) >= 11 is 0. The van der Waals surface area contributed by atoms with E-state index in [9.17, 15) is 18.3 Å². The Hall–Kier alpha value is -1.27. The van der Waals surface area contributed by atoms with Gasteiger partial charge in [0.15, 0.2) is 0 Å². The second kappa shape index (κ2) is 5.02. The fraction of sp³-hybridized carbons (Fsp3) is 0.538. The Morgan fingerprint density at radius 3 is 2.26 bits per heavy atom. The van der Waals surface area contributed by atoms with Crippen LogP contribution in [0.5, 0.6) is 5.75 Å². The summed E-state index contributed by atoms with van der Waals surface area (Å²) in [5.41, 5.74) is 0.0919. The summed E-state index contributed by atoms with van der Waals surface area (Å²) in [4.78, 5) is 0. The minimum absolute atomic E-state index is 0.122. The van der Waals surface area contributed by atoms with E-state index in [1.54, 1.807) is 0 Å². The summed E-state index contributed by atoms with van der Waals surface area (Å²) in [6.45, 7) is 1.70. The van der Waals surface area contributed by atoms with E-state index >= 15 is 0 Å². The van der Waals surface area contributed by atoms with E-state index in [-0.39, 0.29) is 12.4 Å². The van der Waals surface area contributed by atoms with Gasteiger partial charge in [-0.15, -0.1) is 13.2 Å². The molecule has 1 unspecified atom stereocenters. The second-order valence-electron chi connectivity index (χ2n) is 4.98. The van der Waals surface area contributed by atoms with E-state index < -0.39 is 11.9 Å². The zero-order valence-electron chi connectivity index (χ0n) is 10.5. The quantitative estimate of drug-likeness (QED) is 0.867. The van der Waals surface area contributed by atoms with Crippen LogP contribution in [0.15, 0.2) is 24.3 Å². The SMILES string of the molecule is CC(CO)(NC1CC1)c1ccc(OC(F)(F)F)cc1. The molecule has 106 valence electrons. The van der Waals surface area contributed by atoms with Crippen molar-refractivity contribution >= 4 is 0 Å². The van der Waals surface area contributed by atoms with E-state index in [0.29, 0.717) is 6.04 Å². The van der Waals surface area contributed by atoms with Crippen LogP contribution in [-0.4, -0.2) is 24.1 Å². The van der Waals surface area contributed by atoms with Gasteiger partial charge in [0, 0.05) is 6.04 Å². The van der Waals surface area contributed by atoms with Gasteiger partial charge in [-0.05, 0) is 37.5 Å². The van der Waals surface area contributed by atoms with Crippen molar-refractivity contribution in [1.82, 2.24) is 5.32 Å². The average molecular weight is 275 g/mol. The molecule has 1 atom stereocenters. The highest BCUT2D eigenvalue weighted by atomic mass is 19.4. The number of halogens is 3. The largest absolute Gasteiger partial charge is 0.573 e. The van der Waals surface area contributed by atoms with Gasteiger partial charge in [0.1, 0.15) is 5.75 Å². The number of aliphatic hydroxyl groups excluding tert-OH is 1. The van der Waals surface area contributed by atoms with Crippen LogP contribution < -0.4 is 10.1 Å². The maximum Gasteiger partial charge on any atom is 0.573 e. The molecule has 1 fully saturated rings. The molecule has 1 aromatic rings. The first kappa shape index (κ1) is 14.1. The van der Waals surface area contributed by atoms with Gasteiger partial charge in [0.25, 0.3) is 0 Å². The molecule has 2 N–H and O–H groups in total. The predicted molar refractivity (Wildman–Crippen MR) is 63.7 cm³/mol. The van der Waals surface area contributed by atoms with Crippen molar-refractivity contribution in [3.8, 4) is 5.75 Å². The highest BCUT2D eigenvalue weighted by molar-refractivity contribution is 5.32. The van der Waals surface area contributed by atoms with E-state index in [1.807, 2.05) is 6.92 Å². The van der Waals surface area contributed by atoms with Gasteiger partial charge in [-0.3, -0.25) is 0 Å². The fourth-order valence-corrected chi connectivity index (χ4v) is 1.92. The molecule has 0 amide bonds. The lowest BCUT2D eigenvalue weighted by molar-refractivity contribution is -0.274. The van der Waals surface area contributed by atoms with E-state index in [4.69, 9.17) is 0 Å². The number of benzene rings is 1. The second-order valence-corrected chi connectivity index (χ2v) is 4.98. The van der Waals surface area contributed by atoms with Crippen molar-refractivity contribution in [2.24, 2.45) is 0 Å². The minimum atomic E-state index is -4.69. The topological polar surface area (TPSA) is 41.5 Å². The highest BCUT2D eigenvalue weighted by Crippen LogP contribution is 2.30. The zero-order valence-corrected chi connectivity index (χ0v) is 10.5. The van der Waals surface area contributed by atoms with Crippen molar-refractivity contribution < 1.29 is 23.0 Å². The molecule has 1 aliphatic carbocycles. The van der Waals surface area contributed by atoms with Gasteiger partial charge >= 0.3 is 6.36 Å². The summed E-state index contributed by atoms with van der Waals surface area (Å²) in [7, 11) is 0. The number of nitrogens with one attached hydrogen (secondary N) is 1. The Kier molecular flexibility index (Phi) is 3.73. The maximum atomic E-state index is 12.0. The lowest BCUT2D eigenvalue weighted by atomic mass is 9.92. The Morgan fingerprint density at radius 2 is 1.84 bits per heavy atom. The maximum absolute atomic E-state index is 12.0. The lowest BCUT2D eigenvalue weighted by Crippen LogP contribution is -2.44. The Morgan fingerprint density at radius 1 is 1.26 bits per heavy atom. The molecule has 6 heteroatoms. The molecule has 1 aliphatic rings. The average Bonchev–Trinajstić information content (AvgIpc) is 3.11. The first-order chi connectivity index (χ1) is 8.82.